The molecule has 0 amide bonds. The van der Waals surface area contributed by atoms with E-state index in [0.717, 1.165) is 0 Å². The summed E-state index contributed by atoms with van der Waals surface area (Å²) in [5.74, 6) is -0.0560. The topological polar surface area (TPSA) is 126 Å². The molecule has 0 bridgehead atoms. The normalized spacial score (nSPS) is 29.2. The number of carbonyl (C=O) groups excluding carboxylic acids is 1. The van der Waals surface area contributed by atoms with Crippen LogP contribution in [0.1, 0.15) is 22.3 Å². The summed E-state index contributed by atoms with van der Waals surface area (Å²) in [5, 5.41) is 39.3. The van der Waals surface area contributed by atoms with Gasteiger partial charge in [-0.3, -0.25) is 0 Å². The lowest BCUT2D eigenvalue weighted by Crippen LogP contribution is -2.47. The SMILES string of the molecule is COc1ccc2c(c1)CCCOC[C@@H](O)[C@@H](O)[C@H](O)[C@H](O)COC2=O. The Balaban J connectivity index is 2.20. The van der Waals surface area contributed by atoms with E-state index in [1.165, 1.54) is 7.11 Å². The molecule has 8 nitrogen and oxygen atoms in total. The maximum atomic E-state index is 12.3. The number of benzene rings is 1. The van der Waals surface area contributed by atoms with E-state index < -0.39 is 37.0 Å². The Kier molecular flexibility index (Phi) is 7.15. The van der Waals surface area contributed by atoms with Gasteiger partial charge in [0, 0.05) is 6.61 Å². The molecule has 4 atom stereocenters. The van der Waals surface area contributed by atoms with Gasteiger partial charge in [0.05, 0.1) is 19.3 Å². The number of hydrogen-bond donors (Lipinski definition) is 4. The van der Waals surface area contributed by atoms with Crippen LogP contribution in [-0.2, 0) is 15.9 Å². The number of methoxy groups -OCH3 is 1. The number of aliphatic hydroxyl groups excluding tert-OH is 4. The summed E-state index contributed by atoms with van der Waals surface area (Å²) in [6, 6.07) is 4.93. The van der Waals surface area contributed by atoms with Gasteiger partial charge in [-0.05, 0) is 36.6 Å². The summed E-state index contributed by atoms with van der Waals surface area (Å²) in [6.45, 7) is -0.417. The number of aliphatic hydroxyl groups is 4. The van der Waals surface area contributed by atoms with E-state index in [0.29, 0.717) is 29.7 Å². The number of hydrogen-bond acceptors (Lipinski definition) is 8. The van der Waals surface area contributed by atoms with Crippen LogP contribution in [0.15, 0.2) is 18.2 Å². The van der Waals surface area contributed by atoms with Crippen LogP contribution in [0.4, 0.5) is 0 Å². The van der Waals surface area contributed by atoms with Gasteiger partial charge in [0.2, 0.25) is 0 Å². The standard InChI is InChI=1S/C17H24O8/c1-23-11-4-5-12-10(7-11)3-2-6-24-8-13(18)15(20)16(21)14(19)9-25-17(12)22/h4-5,7,13-16,18-21H,2-3,6,8-9H2,1H3/t13-,14-,15-,16-/m1/s1. The zero-order valence-corrected chi connectivity index (χ0v) is 14.0. The average Bonchev–Trinajstić information content (AvgIpc) is 2.63. The second kappa shape index (κ2) is 9.12. The summed E-state index contributed by atoms with van der Waals surface area (Å²) in [4.78, 5) is 12.3. The van der Waals surface area contributed by atoms with E-state index in [1.54, 1.807) is 18.2 Å². The second-order valence-electron chi connectivity index (χ2n) is 5.92. The monoisotopic (exact) mass is 356 g/mol. The fraction of sp³-hybridized carbons (Fsp3) is 0.588. The Labute approximate surface area is 145 Å². The molecule has 1 aliphatic rings. The predicted molar refractivity (Wildman–Crippen MR) is 86.4 cm³/mol. The van der Waals surface area contributed by atoms with Crippen molar-refractivity contribution < 1.29 is 39.4 Å². The van der Waals surface area contributed by atoms with Gasteiger partial charge in [0.15, 0.2) is 0 Å². The molecule has 0 spiro atoms. The van der Waals surface area contributed by atoms with Gasteiger partial charge in [-0.25, -0.2) is 4.79 Å². The number of carbonyl (C=O) groups is 1. The summed E-state index contributed by atoms with van der Waals surface area (Å²) in [5.41, 5.74) is 1.04. The number of aryl methyl sites for hydroxylation is 1. The minimum absolute atomic E-state index is 0.185. The van der Waals surface area contributed by atoms with Crippen LogP contribution in [0.2, 0.25) is 0 Å². The molecule has 0 aromatic heterocycles. The molecule has 140 valence electrons. The first-order chi connectivity index (χ1) is 11.9. The van der Waals surface area contributed by atoms with Crippen molar-refractivity contribution >= 4 is 5.97 Å². The van der Waals surface area contributed by atoms with Gasteiger partial charge in [-0.15, -0.1) is 0 Å². The van der Waals surface area contributed by atoms with Crippen molar-refractivity contribution in [2.45, 2.75) is 37.3 Å². The van der Waals surface area contributed by atoms with E-state index in [-0.39, 0.29) is 13.2 Å². The molecule has 0 radical (unpaired) electrons. The highest BCUT2D eigenvalue weighted by atomic mass is 16.5. The summed E-state index contributed by atoms with van der Waals surface area (Å²) in [7, 11) is 1.52. The molecule has 0 fully saturated rings. The van der Waals surface area contributed by atoms with Crippen molar-refractivity contribution in [2.24, 2.45) is 0 Å². The number of cyclic esters (lactones) is 1. The first kappa shape index (κ1) is 19.6. The van der Waals surface area contributed by atoms with Crippen molar-refractivity contribution in [1.82, 2.24) is 0 Å². The predicted octanol–water partition coefficient (Wildman–Crippen LogP) is -0.742. The molecular formula is C17H24O8. The Hall–Kier alpha value is -1.71. The Morgan fingerprint density at radius 1 is 1.08 bits per heavy atom. The molecule has 0 unspecified atom stereocenters. The highest BCUT2D eigenvalue weighted by molar-refractivity contribution is 5.91. The zero-order valence-electron chi connectivity index (χ0n) is 14.0. The minimum Gasteiger partial charge on any atom is -0.497 e. The molecule has 1 aromatic carbocycles. The number of rotatable bonds is 1. The number of esters is 1. The number of ether oxygens (including phenoxy) is 3. The van der Waals surface area contributed by atoms with Gasteiger partial charge in [0.1, 0.15) is 36.8 Å². The van der Waals surface area contributed by atoms with E-state index in [1.807, 2.05) is 0 Å². The van der Waals surface area contributed by atoms with Gasteiger partial charge in [-0.1, -0.05) is 0 Å². The second-order valence-corrected chi connectivity index (χ2v) is 5.92. The van der Waals surface area contributed by atoms with Crippen LogP contribution >= 0.6 is 0 Å². The quantitative estimate of drug-likeness (QED) is 0.485. The minimum atomic E-state index is -1.68. The van der Waals surface area contributed by atoms with Crippen molar-refractivity contribution in [1.29, 1.82) is 0 Å². The lowest BCUT2D eigenvalue weighted by Gasteiger charge is -2.26. The molecule has 0 saturated carbocycles. The van der Waals surface area contributed by atoms with E-state index in [9.17, 15) is 25.2 Å². The lowest BCUT2D eigenvalue weighted by molar-refractivity contribution is -0.130. The molecule has 25 heavy (non-hydrogen) atoms. The highest BCUT2D eigenvalue weighted by Crippen LogP contribution is 2.21. The highest BCUT2D eigenvalue weighted by Gasteiger charge is 2.31. The maximum absolute atomic E-state index is 12.3. The van der Waals surface area contributed by atoms with E-state index >= 15 is 0 Å². The molecule has 1 aliphatic heterocycles. The van der Waals surface area contributed by atoms with Gasteiger partial charge in [0.25, 0.3) is 0 Å². The van der Waals surface area contributed by atoms with Crippen LogP contribution in [0, 0.1) is 0 Å². The molecule has 1 aromatic rings. The summed E-state index contributed by atoms with van der Waals surface area (Å²) < 4.78 is 15.5. The zero-order chi connectivity index (χ0) is 18.4. The Bertz CT molecular complexity index is 576. The largest absolute Gasteiger partial charge is 0.497 e. The molecular weight excluding hydrogens is 332 g/mol. The molecule has 0 aliphatic carbocycles. The van der Waals surface area contributed by atoms with Crippen molar-refractivity contribution in [3.63, 3.8) is 0 Å². The van der Waals surface area contributed by atoms with Crippen molar-refractivity contribution in [3.8, 4) is 5.75 Å². The fourth-order valence-electron chi connectivity index (χ4n) is 2.56. The van der Waals surface area contributed by atoms with Crippen LogP contribution in [0.3, 0.4) is 0 Å². The maximum Gasteiger partial charge on any atom is 0.338 e. The van der Waals surface area contributed by atoms with E-state index in [4.69, 9.17) is 14.2 Å². The van der Waals surface area contributed by atoms with Crippen molar-refractivity contribution in [3.05, 3.63) is 29.3 Å². The van der Waals surface area contributed by atoms with Crippen LogP contribution in [-0.4, -0.2) is 77.7 Å². The molecule has 4 N–H and O–H groups in total. The van der Waals surface area contributed by atoms with Crippen LogP contribution in [0.25, 0.3) is 0 Å². The molecule has 2 rings (SSSR count). The Morgan fingerprint density at radius 3 is 2.44 bits per heavy atom. The van der Waals surface area contributed by atoms with Gasteiger partial charge < -0.3 is 34.6 Å². The summed E-state index contributed by atoms with van der Waals surface area (Å²) in [6.07, 6.45) is -5.11. The molecule has 0 saturated heterocycles. The van der Waals surface area contributed by atoms with Gasteiger partial charge in [-0.2, -0.15) is 0 Å². The first-order valence-corrected chi connectivity index (χ1v) is 8.08. The third-order valence-electron chi connectivity index (χ3n) is 4.08. The van der Waals surface area contributed by atoms with Crippen LogP contribution in [0.5, 0.6) is 5.75 Å². The average molecular weight is 356 g/mol. The van der Waals surface area contributed by atoms with Gasteiger partial charge >= 0.3 is 5.97 Å². The van der Waals surface area contributed by atoms with E-state index in [2.05, 4.69) is 0 Å². The third-order valence-corrected chi connectivity index (χ3v) is 4.08. The lowest BCUT2D eigenvalue weighted by atomic mass is 10.0. The smallest absolute Gasteiger partial charge is 0.338 e. The Morgan fingerprint density at radius 2 is 1.76 bits per heavy atom. The third kappa shape index (κ3) is 5.13. The fourth-order valence-corrected chi connectivity index (χ4v) is 2.56. The molecule has 1 heterocycles. The van der Waals surface area contributed by atoms with Crippen molar-refractivity contribution in [2.75, 3.05) is 26.9 Å². The summed E-state index contributed by atoms with van der Waals surface area (Å²) >= 11 is 0. The first-order valence-electron chi connectivity index (χ1n) is 8.08. The molecule has 8 heteroatoms. The van der Waals surface area contributed by atoms with Crippen LogP contribution < -0.4 is 4.74 Å². The number of fused-ring (bicyclic) bond motifs is 1.